The van der Waals surface area contributed by atoms with E-state index in [9.17, 15) is 0 Å². The molecule has 2 heterocycles. The summed E-state index contributed by atoms with van der Waals surface area (Å²) >= 11 is 0. The first-order chi connectivity index (χ1) is 11.4. The zero-order valence-electron chi connectivity index (χ0n) is 16.4. The molecule has 0 fully saturated rings. The van der Waals surface area contributed by atoms with Gasteiger partial charge in [0.05, 0.1) is 5.69 Å². The predicted octanol–water partition coefficient (Wildman–Crippen LogP) is 1.06. The number of hydrogen-bond donors (Lipinski definition) is 0. The molecule has 0 bridgehead atoms. The van der Waals surface area contributed by atoms with Crippen molar-refractivity contribution in [2.45, 2.75) is 64.4 Å². The summed E-state index contributed by atoms with van der Waals surface area (Å²) in [5.74, 6) is 0.340. The zero-order chi connectivity index (χ0) is 17.9. The van der Waals surface area contributed by atoms with Crippen LogP contribution in [0.3, 0.4) is 0 Å². The van der Waals surface area contributed by atoms with Crippen LogP contribution < -0.4 is 0 Å². The minimum atomic E-state index is -0.182. The summed E-state index contributed by atoms with van der Waals surface area (Å²) in [6, 6.07) is 0. The van der Waals surface area contributed by atoms with Gasteiger partial charge in [0.15, 0.2) is 0 Å². The van der Waals surface area contributed by atoms with Gasteiger partial charge in [-0.25, -0.2) is 0 Å². The van der Waals surface area contributed by atoms with Gasteiger partial charge in [-0.05, 0) is 5.44 Å². The molecule has 0 spiro atoms. The molecule has 134 valence electrons. The largest absolute Gasteiger partial charge is 0.377 e. The summed E-state index contributed by atoms with van der Waals surface area (Å²) in [5.41, 5.74) is 2.26. The van der Waals surface area contributed by atoms with Crippen molar-refractivity contribution in [3.63, 3.8) is 0 Å². The molecule has 0 amide bonds. The second-order valence-electron chi connectivity index (χ2n) is 7.42. The Morgan fingerprint density at radius 2 is 1.96 bits per heavy atom. The van der Waals surface area contributed by atoms with Crippen molar-refractivity contribution in [1.82, 2.24) is 19.9 Å². The number of rotatable bonds is 6. The number of aromatic nitrogens is 3. The SMILES string of the molecule is CBC(C)n1nnc2c1CCN(C(C)(C)BC)CC(OC)C2OC. The molecule has 1 aliphatic heterocycles. The Morgan fingerprint density at radius 1 is 1.25 bits per heavy atom. The second kappa shape index (κ2) is 8.02. The minimum Gasteiger partial charge on any atom is -0.377 e. The smallest absolute Gasteiger partial charge is 0.148 e. The Kier molecular flexibility index (Phi) is 6.51. The molecule has 24 heavy (non-hydrogen) atoms. The van der Waals surface area contributed by atoms with Crippen LogP contribution in [0.25, 0.3) is 0 Å². The van der Waals surface area contributed by atoms with Gasteiger partial charge in [-0.2, -0.15) is 0 Å². The van der Waals surface area contributed by atoms with Crippen LogP contribution in [0.2, 0.25) is 13.6 Å². The Labute approximate surface area is 147 Å². The van der Waals surface area contributed by atoms with Gasteiger partial charge in [0, 0.05) is 39.7 Å². The molecule has 0 N–H and O–H groups in total. The van der Waals surface area contributed by atoms with Crippen LogP contribution in [0, 0.1) is 0 Å². The number of fused-ring (bicyclic) bond motifs is 1. The highest BCUT2D eigenvalue weighted by Gasteiger charge is 2.37. The summed E-state index contributed by atoms with van der Waals surface area (Å²) < 4.78 is 13.7. The monoisotopic (exact) mass is 334 g/mol. The van der Waals surface area contributed by atoms with Gasteiger partial charge < -0.3 is 14.4 Å². The van der Waals surface area contributed by atoms with Gasteiger partial charge in [0.2, 0.25) is 0 Å². The van der Waals surface area contributed by atoms with Gasteiger partial charge in [0.1, 0.15) is 32.5 Å². The van der Waals surface area contributed by atoms with E-state index in [-0.39, 0.29) is 17.6 Å². The molecular formula is C16H32B2N4O2. The Balaban J connectivity index is 2.44. The van der Waals surface area contributed by atoms with E-state index < -0.39 is 0 Å². The molecule has 1 aliphatic rings. The fourth-order valence-corrected chi connectivity index (χ4v) is 3.37. The van der Waals surface area contributed by atoms with E-state index in [0.29, 0.717) is 5.94 Å². The molecule has 1 aromatic heterocycles. The second-order valence-corrected chi connectivity index (χ2v) is 7.42. The highest BCUT2D eigenvalue weighted by Crippen LogP contribution is 2.30. The normalized spacial score (nSPS) is 24.0. The van der Waals surface area contributed by atoms with E-state index in [1.165, 1.54) is 5.69 Å². The van der Waals surface area contributed by atoms with Crippen LogP contribution in [0.1, 0.15) is 44.2 Å². The maximum Gasteiger partial charge on any atom is 0.148 e. The first kappa shape index (κ1) is 19.5. The van der Waals surface area contributed by atoms with Crippen molar-refractivity contribution in [3.05, 3.63) is 11.4 Å². The average molecular weight is 334 g/mol. The van der Waals surface area contributed by atoms with E-state index in [2.05, 4.69) is 54.3 Å². The van der Waals surface area contributed by atoms with E-state index >= 15 is 0 Å². The lowest BCUT2D eigenvalue weighted by Gasteiger charge is -2.42. The number of methoxy groups -OCH3 is 2. The molecule has 0 radical (unpaired) electrons. The first-order valence-electron chi connectivity index (χ1n) is 9.14. The number of hydrogen-bond acceptors (Lipinski definition) is 5. The molecule has 0 saturated carbocycles. The van der Waals surface area contributed by atoms with Crippen molar-refractivity contribution >= 4 is 14.6 Å². The van der Waals surface area contributed by atoms with Gasteiger partial charge in [0.25, 0.3) is 0 Å². The third-order valence-electron chi connectivity index (χ3n) is 5.73. The molecule has 2 rings (SSSR count). The highest BCUT2D eigenvalue weighted by atomic mass is 16.5. The van der Waals surface area contributed by atoms with Crippen LogP contribution in [-0.4, -0.2) is 73.3 Å². The molecule has 0 aliphatic carbocycles. The van der Waals surface area contributed by atoms with Crippen LogP contribution >= 0.6 is 0 Å². The van der Waals surface area contributed by atoms with E-state index in [0.717, 1.165) is 39.8 Å². The van der Waals surface area contributed by atoms with Gasteiger partial charge >= 0.3 is 0 Å². The van der Waals surface area contributed by atoms with E-state index in [1.807, 2.05) is 0 Å². The minimum absolute atomic E-state index is 0.0537. The Bertz CT molecular complexity index is 538. The van der Waals surface area contributed by atoms with Gasteiger partial charge in [-0.3, -0.25) is 4.68 Å². The van der Waals surface area contributed by atoms with Crippen molar-refractivity contribution < 1.29 is 9.47 Å². The number of nitrogens with zero attached hydrogens (tertiary/aromatic N) is 4. The molecule has 3 atom stereocenters. The van der Waals surface area contributed by atoms with Gasteiger partial charge in [-0.1, -0.05) is 39.6 Å². The lowest BCUT2D eigenvalue weighted by Crippen LogP contribution is -2.53. The maximum atomic E-state index is 5.81. The fraction of sp³-hybridized carbons (Fsp3) is 0.875. The molecule has 1 aromatic rings. The van der Waals surface area contributed by atoms with Crippen LogP contribution in [-0.2, 0) is 15.9 Å². The third-order valence-corrected chi connectivity index (χ3v) is 5.73. The topological polar surface area (TPSA) is 52.4 Å². The van der Waals surface area contributed by atoms with Crippen molar-refractivity contribution in [2.24, 2.45) is 0 Å². The molecule has 0 saturated heterocycles. The zero-order valence-corrected chi connectivity index (χ0v) is 16.4. The van der Waals surface area contributed by atoms with E-state index in [4.69, 9.17) is 9.47 Å². The van der Waals surface area contributed by atoms with Crippen LogP contribution in [0.5, 0.6) is 0 Å². The summed E-state index contributed by atoms with van der Waals surface area (Å²) in [7, 11) is 5.62. The summed E-state index contributed by atoms with van der Waals surface area (Å²) in [5, 5.41) is 8.91. The molecule has 8 heteroatoms. The first-order valence-corrected chi connectivity index (χ1v) is 9.14. The standard InChI is InChI=1S/C16H32B2N4O2/c1-11(17-4)22-12-8-9-21(16(2,3)18-5)10-13(23-6)15(24-7)14(12)19-20-22/h11,13,15,17-18H,8-10H2,1-7H3. The van der Waals surface area contributed by atoms with Gasteiger partial charge in [-0.15, -0.1) is 5.10 Å². The summed E-state index contributed by atoms with van der Waals surface area (Å²) in [4.78, 5) is 2.52. The molecule has 0 aromatic carbocycles. The van der Waals surface area contributed by atoms with E-state index in [1.54, 1.807) is 14.2 Å². The Morgan fingerprint density at radius 3 is 2.50 bits per heavy atom. The Hall–Kier alpha value is -0.850. The predicted molar refractivity (Wildman–Crippen MR) is 101 cm³/mol. The van der Waals surface area contributed by atoms with Crippen molar-refractivity contribution in [2.75, 3.05) is 27.3 Å². The molecule has 6 nitrogen and oxygen atoms in total. The average Bonchev–Trinajstić information content (AvgIpc) is 2.97. The van der Waals surface area contributed by atoms with Crippen LogP contribution in [0.4, 0.5) is 0 Å². The highest BCUT2D eigenvalue weighted by molar-refractivity contribution is 6.38. The molecule has 3 unspecified atom stereocenters. The third kappa shape index (κ3) is 3.70. The maximum absolute atomic E-state index is 5.81. The fourth-order valence-electron chi connectivity index (χ4n) is 3.37. The van der Waals surface area contributed by atoms with Crippen molar-refractivity contribution in [3.8, 4) is 0 Å². The number of ether oxygens (including phenoxy) is 2. The summed E-state index contributed by atoms with van der Waals surface area (Å²) in [6.45, 7) is 13.0. The lowest BCUT2D eigenvalue weighted by atomic mass is 9.61. The quantitative estimate of drug-likeness (QED) is 0.729. The van der Waals surface area contributed by atoms with Crippen molar-refractivity contribution in [1.29, 1.82) is 0 Å². The van der Waals surface area contributed by atoms with Crippen LogP contribution in [0.15, 0.2) is 0 Å². The summed E-state index contributed by atoms with van der Waals surface area (Å²) in [6.07, 6.45) is 0.701. The lowest BCUT2D eigenvalue weighted by molar-refractivity contribution is -0.0635. The molecular weight excluding hydrogens is 302 g/mol.